The zero-order chi connectivity index (χ0) is 13.4. The normalized spacial score (nSPS) is 28.0. The van der Waals surface area contributed by atoms with E-state index >= 15 is 0 Å². The van der Waals surface area contributed by atoms with Crippen molar-refractivity contribution in [3.05, 3.63) is 17.5 Å². The van der Waals surface area contributed by atoms with Crippen LogP contribution in [0, 0.1) is 13.8 Å². The fourth-order valence-electron chi connectivity index (χ4n) is 3.31. The molecule has 1 aromatic rings. The van der Waals surface area contributed by atoms with Gasteiger partial charge in [-0.05, 0) is 39.3 Å². The van der Waals surface area contributed by atoms with Crippen molar-refractivity contribution >= 4 is 5.97 Å². The first-order chi connectivity index (χ1) is 9.15. The second-order valence-corrected chi connectivity index (χ2v) is 5.62. The van der Waals surface area contributed by atoms with Gasteiger partial charge < -0.3 is 4.74 Å². The predicted molar refractivity (Wildman–Crippen MR) is 70.8 cm³/mol. The second-order valence-electron chi connectivity index (χ2n) is 5.62. The molecular weight excluding hydrogens is 242 g/mol. The third-order valence-electron chi connectivity index (χ3n) is 4.22. The summed E-state index contributed by atoms with van der Waals surface area (Å²) in [5.41, 5.74) is 2.25. The van der Waals surface area contributed by atoms with Crippen molar-refractivity contribution in [2.45, 2.75) is 51.7 Å². The molecule has 5 nitrogen and oxygen atoms in total. The van der Waals surface area contributed by atoms with Crippen LogP contribution >= 0.6 is 0 Å². The lowest BCUT2D eigenvalue weighted by molar-refractivity contribution is -0.142. The Balaban J connectivity index is 1.73. The summed E-state index contributed by atoms with van der Waals surface area (Å²) >= 11 is 0. The van der Waals surface area contributed by atoms with Gasteiger partial charge in [-0.3, -0.25) is 14.4 Å². The van der Waals surface area contributed by atoms with Crippen LogP contribution in [0.25, 0.3) is 0 Å². The Morgan fingerprint density at radius 1 is 1.42 bits per heavy atom. The molecule has 0 aromatic carbocycles. The molecule has 2 saturated heterocycles. The Morgan fingerprint density at radius 3 is 2.89 bits per heavy atom. The molecule has 104 valence electrons. The topological polar surface area (TPSA) is 47.4 Å². The highest BCUT2D eigenvalue weighted by Crippen LogP contribution is 2.26. The molecule has 0 spiro atoms. The van der Waals surface area contributed by atoms with Gasteiger partial charge in [0.2, 0.25) is 0 Å². The average molecular weight is 263 g/mol. The van der Waals surface area contributed by atoms with E-state index in [2.05, 4.69) is 27.7 Å². The van der Waals surface area contributed by atoms with Gasteiger partial charge in [-0.25, -0.2) is 0 Å². The number of ether oxygens (including phenoxy) is 1. The third-order valence-corrected chi connectivity index (χ3v) is 4.22. The molecule has 1 aromatic heterocycles. The molecular formula is C14H21N3O2. The van der Waals surface area contributed by atoms with E-state index in [1.165, 1.54) is 5.69 Å². The summed E-state index contributed by atoms with van der Waals surface area (Å²) in [7, 11) is 0. The van der Waals surface area contributed by atoms with E-state index in [0.29, 0.717) is 12.6 Å². The predicted octanol–water partition coefficient (Wildman–Crippen LogP) is 1.28. The molecule has 2 aliphatic rings. The Kier molecular flexibility index (Phi) is 3.31. The number of likely N-dealkylation sites (tertiary alicyclic amines) is 1. The van der Waals surface area contributed by atoms with E-state index in [9.17, 15) is 4.79 Å². The highest BCUT2D eigenvalue weighted by molar-refractivity contribution is 5.77. The van der Waals surface area contributed by atoms with E-state index in [1.54, 1.807) is 0 Å². The van der Waals surface area contributed by atoms with Crippen LogP contribution in [0.3, 0.4) is 0 Å². The first-order valence-electron chi connectivity index (χ1n) is 7.08. The third kappa shape index (κ3) is 2.39. The minimum Gasteiger partial charge on any atom is -0.464 e. The molecule has 0 radical (unpaired) electrons. The number of esters is 1. The lowest BCUT2D eigenvalue weighted by atomic mass is 10.1. The number of hydrogen-bond donors (Lipinski definition) is 0. The fraction of sp³-hybridized carbons (Fsp3) is 0.714. The van der Waals surface area contributed by atoms with Crippen LogP contribution in [0.4, 0.5) is 0 Å². The monoisotopic (exact) mass is 263 g/mol. The molecule has 3 rings (SSSR count). The average Bonchev–Trinajstić information content (AvgIpc) is 3.02. The van der Waals surface area contributed by atoms with Gasteiger partial charge in [-0.1, -0.05) is 0 Å². The second kappa shape index (κ2) is 4.96. The maximum atomic E-state index is 11.7. The minimum atomic E-state index is -0.0414. The first kappa shape index (κ1) is 12.7. The summed E-state index contributed by atoms with van der Waals surface area (Å²) in [6.45, 7) is 6.56. The van der Waals surface area contributed by atoms with Gasteiger partial charge in [0.1, 0.15) is 6.04 Å². The van der Waals surface area contributed by atoms with Crippen molar-refractivity contribution in [2.75, 3.05) is 13.2 Å². The van der Waals surface area contributed by atoms with Gasteiger partial charge in [0.25, 0.3) is 0 Å². The number of aromatic nitrogens is 2. The lowest BCUT2D eigenvalue weighted by Gasteiger charge is -2.28. The van der Waals surface area contributed by atoms with E-state index < -0.39 is 0 Å². The standard InChI is InChI=1S/C14H21N3O2/c1-10-8-11(2)17(15-10)9-12-4-3-6-16(12)13-5-7-19-14(13)18/h8,12-13H,3-7,9H2,1-2H3/t12-,13-/m1/s1. The largest absolute Gasteiger partial charge is 0.464 e. The number of nitrogens with zero attached hydrogens (tertiary/aromatic N) is 3. The minimum absolute atomic E-state index is 0.0236. The van der Waals surface area contributed by atoms with Crippen LogP contribution in [0.5, 0.6) is 0 Å². The fourth-order valence-corrected chi connectivity index (χ4v) is 3.31. The van der Waals surface area contributed by atoms with E-state index in [1.807, 2.05) is 6.92 Å². The van der Waals surface area contributed by atoms with Crippen LogP contribution in [0.1, 0.15) is 30.7 Å². The molecule has 0 unspecified atom stereocenters. The number of carbonyl (C=O) groups is 1. The highest BCUT2D eigenvalue weighted by atomic mass is 16.5. The van der Waals surface area contributed by atoms with Crippen LogP contribution in [0.15, 0.2) is 6.07 Å². The summed E-state index contributed by atoms with van der Waals surface area (Å²) in [5, 5.41) is 4.53. The van der Waals surface area contributed by atoms with Gasteiger partial charge in [-0.15, -0.1) is 0 Å². The maximum Gasteiger partial charge on any atom is 0.323 e. The molecule has 5 heteroatoms. The van der Waals surface area contributed by atoms with Gasteiger partial charge in [0, 0.05) is 18.2 Å². The smallest absolute Gasteiger partial charge is 0.323 e. The molecule has 0 N–H and O–H groups in total. The van der Waals surface area contributed by atoms with Crippen molar-refractivity contribution in [3.8, 4) is 0 Å². The Hall–Kier alpha value is -1.36. The van der Waals surface area contributed by atoms with Crippen molar-refractivity contribution in [1.29, 1.82) is 0 Å². The van der Waals surface area contributed by atoms with Crippen molar-refractivity contribution in [3.63, 3.8) is 0 Å². The van der Waals surface area contributed by atoms with Crippen molar-refractivity contribution < 1.29 is 9.53 Å². The van der Waals surface area contributed by atoms with Gasteiger partial charge in [0.15, 0.2) is 0 Å². The molecule has 0 bridgehead atoms. The zero-order valence-corrected chi connectivity index (χ0v) is 11.6. The first-order valence-corrected chi connectivity index (χ1v) is 7.08. The quantitative estimate of drug-likeness (QED) is 0.771. The molecule has 2 fully saturated rings. The van der Waals surface area contributed by atoms with Crippen LogP contribution in [-0.2, 0) is 16.1 Å². The zero-order valence-electron chi connectivity index (χ0n) is 11.6. The molecule has 3 heterocycles. The number of rotatable bonds is 3. The lowest BCUT2D eigenvalue weighted by Crippen LogP contribution is -2.43. The van der Waals surface area contributed by atoms with E-state index in [0.717, 1.165) is 38.0 Å². The Labute approximate surface area is 113 Å². The molecule has 2 aliphatic heterocycles. The summed E-state index contributed by atoms with van der Waals surface area (Å²) < 4.78 is 7.17. The van der Waals surface area contributed by atoms with Crippen LogP contribution in [0.2, 0.25) is 0 Å². The summed E-state index contributed by atoms with van der Waals surface area (Å²) in [4.78, 5) is 14.1. The molecule has 2 atom stereocenters. The number of hydrogen-bond acceptors (Lipinski definition) is 4. The molecule has 19 heavy (non-hydrogen) atoms. The SMILES string of the molecule is Cc1cc(C)n(C[C@H]2CCCN2[C@@H]2CCOC2=O)n1. The van der Waals surface area contributed by atoms with Crippen LogP contribution < -0.4 is 0 Å². The maximum absolute atomic E-state index is 11.7. The molecule has 0 aliphatic carbocycles. The molecule has 0 saturated carbocycles. The van der Waals surface area contributed by atoms with E-state index in [-0.39, 0.29) is 12.0 Å². The van der Waals surface area contributed by atoms with Crippen LogP contribution in [-0.4, -0.2) is 45.9 Å². The number of aryl methyl sites for hydroxylation is 2. The van der Waals surface area contributed by atoms with Gasteiger partial charge in [0.05, 0.1) is 18.8 Å². The number of carbonyl (C=O) groups excluding carboxylic acids is 1. The van der Waals surface area contributed by atoms with Crippen molar-refractivity contribution in [1.82, 2.24) is 14.7 Å². The highest BCUT2D eigenvalue weighted by Gasteiger charge is 2.38. The summed E-state index contributed by atoms with van der Waals surface area (Å²) in [6, 6.07) is 2.49. The van der Waals surface area contributed by atoms with Crippen molar-refractivity contribution in [2.24, 2.45) is 0 Å². The Morgan fingerprint density at radius 2 is 2.26 bits per heavy atom. The van der Waals surface area contributed by atoms with Gasteiger partial charge in [-0.2, -0.15) is 5.10 Å². The number of cyclic esters (lactones) is 1. The Bertz CT molecular complexity index is 483. The van der Waals surface area contributed by atoms with E-state index in [4.69, 9.17) is 4.74 Å². The van der Waals surface area contributed by atoms with Gasteiger partial charge >= 0.3 is 5.97 Å². The summed E-state index contributed by atoms with van der Waals surface area (Å²) in [5.74, 6) is -0.0414. The molecule has 0 amide bonds. The summed E-state index contributed by atoms with van der Waals surface area (Å²) in [6.07, 6.45) is 3.14.